The second-order valence-electron chi connectivity index (χ2n) is 8.55. The van der Waals surface area contributed by atoms with Gasteiger partial charge >= 0.3 is 0 Å². The zero-order valence-corrected chi connectivity index (χ0v) is 21.2. The number of nitrogens with one attached hydrogen (secondary N) is 3. The molecule has 3 aromatic rings. The van der Waals surface area contributed by atoms with Crippen molar-refractivity contribution in [2.45, 2.75) is 36.6 Å². The van der Waals surface area contributed by atoms with Crippen LogP contribution < -0.4 is 11.1 Å². The lowest BCUT2D eigenvalue weighted by Gasteiger charge is -2.27. The van der Waals surface area contributed by atoms with Crippen molar-refractivity contribution >= 4 is 28.4 Å². The number of halogens is 1. The molecule has 2 heterocycles. The third-order valence-electron chi connectivity index (χ3n) is 5.54. The first-order chi connectivity index (χ1) is 17.2. The lowest BCUT2D eigenvalue weighted by atomic mass is 10.1. The molecular formula is C25H35FN6O4S. The molecule has 37 heavy (non-hydrogen) atoms. The molecule has 0 saturated carbocycles. The smallest absolute Gasteiger partial charge is 0.243 e. The molecule has 12 heteroatoms. The van der Waals surface area contributed by atoms with Crippen LogP contribution in [0.3, 0.4) is 0 Å². The van der Waals surface area contributed by atoms with E-state index in [1.54, 1.807) is 30.3 Å². The van der Waals surface area contributed by atoms with Crippen LogP contribution in [0.1, 0.15) is 34.9 Å². The average Bonchev–Trinajstić information content (AvgIpc) is 2.83. The lowest BCUT2D eigenvalue weighted by molar-refractivity contribution is -0.00579. The highest BCUT2D eigenvalue weighted by atomic mass is 32.2. The molecule has 1 aromatic heterocycles. The van der Waals surface area contributed by atoms with E-state index in [9.17, 15) is 8.60 Å². The molecule has 7 N–H and O–H groups in total. The maximum absolute atomic E-state index is 14.7. The van der Waals surface area contributed by atoms with Crippen LogP contribution in [0.5, 0.6) is 0 Å². The normalized spacial score (nSPS) is 13.9. The Bertz CT molecular complexity index is 1330. The van der Waals surface area contributed by atoms with Crippen LogP contribution >= 0.6 is 0 Å². The summed E-state index contributed by atoms with van der Waals surface area (Å²) < 4.78 is 37.3. The van der Waals surface area contributed by atoms with Gasteiger partial charge in [-0.15, -0.1) is 0 Å². The lowest BCUT2D eigenvalue weighted by Crippen LogP contribution is -2.45. The minimum absolute atomic E-state index is 0. The van der Waals surface area contributed by atoms with Gasteiger partial charge in [-0.05, 0) is 29.8 Å². The summed E-state index contributed by atoms with van der Waals surface area (Å²) in [6, 6.07) is 11.7. The second kappa shape index (κ2) is 12.1. The first kappa shape index (κ1) is 28.0. The molecule has 1 aliphatic rings. The summed E-state index contributed by atoms with van der Waals surface area (Å²) in [5.41, 5.74) is 7.56. The highest BCUT2D eigenvalue weighted by molar-refractivity contribution is 7.85. The minimum Gasteiger partial charge on any atom is -0.419 e. The van der Waals surface area contributed by atoms with E-state index in [2.05, 4.69) is 15.3 Å². The number of aromatic nitrogens is 2. The fourth-order valence-corrected chi connectivity index (χ4v) is 4.36. The SMILES string of the molecule is CC(C)S(=O)c1ccc(-c2cnc(N)c(C(=N)OC(=N)c3ccc(CNC4COC4)cc3F)n2)cc1.O.[HH].[HH].[HH]. The Hall–Kier alpha value is -3.58. The Morgan fingerprint density at radius 2 is 1.95 bits per heavy atom. The van der Waals surface area contributed by atoms with Gasteiger partial charge in [-0.1, -0.05) is 32.0 Å². The molecule has 1 unspecified atom stereocenters. The maximum atomic E-state index is 14.7. The van der Waals surface area contributed by atoms with Crippen LogP contribution in [0.2, 0.25) is 0 Å². The number of benzene rings is 2. The molecular weight excluding hydrogens is 499 g/mol. The van der Waals surface area contributed by atoms with Crippen molar-refractivity contribution in [2.24, 2.45) is 0 Å². The molecule has 4 rings (SSSR count). The molecule has 202 valence electrons. The van der Waals surface area contributed by atoms with Crippen molar-refractivity contribution in [2.75, 3.05) is 18.9 Å². The van der Waals surface area contributed by atoms with E-state index in [1.165, 1.54) is 18.3 Å². The van der Waals surface area contributed by atoms with Gasteiger partial charge in [-0.25, -0.2) is 14.4 Å². The van der Waals surface area contributed by atoms with E-state index >= 15 is 0 Å². The number of nitrogens with two attached hydrogens (primary N) is 1. The monoisotopic (exact) mass is 534 g/mol. The van der Waals surface area contributed by atoms with Gasteiger partial charge in [-0.2, -0.15) is 0 Å². The van der Waals surface area contributed by atoms with Gasteiger partial charge < -0.3 is 26.0 Å². The van der Waals surface area contributed by atoms with Crippen molar-refractivity contribution in [1.82, 2.24) is 15.3 Å². The maximum Gasteiger partial charge on any atom is 0.243 e. The topological polar surface area (TPSA) is 179 Å². The van der Waals surface area contributed by atoms with Gasteiger partial charge in [0.05, 0.1) is 47.5 Å². The zero-order chi connectivity index (χ0) is 25.8. The van der Waals surface area contributed by atoms with Crippen LogP contribution in [0.25, 0.3) is 11.3 Å². The summed E-state index contributed by atoms with van der Waals surface area (Å²) in [5.74, 6) is -1.77. The average molecular weight is 535 g/mol. The summed E-state index contributed by atoms with van der Waals surface area (Å²) in [5, 5.41) is 19.7. The molecule has 1 aliphatic heterocycles. The van der Waals surface area contributed by atoms with Gasteiger partial charge in [0, 0.05) is 26.5 Å². The first-order valence-electron chi connectivity index (χ1n) is 11.3. The summed E-state index contributed by atoms with van der Waals surface area (Å²) in [4.78, 5) is 9.16. The standard InChI is InChI=1S/C25H27FN6O3S.H2O.3H2/c1-14(2)36(33)18-6-4-16(5-7-18)21-11-31-23(27)22(32-21)25(29)35-24(28)19-8-3-15(9-20(19)26)10-30-17-12-34-13-17;;;;/h3-9,11,14,17,28-30H,10,12-13H2,1-2H3,(H2,27,31);1H2;3*1H. The van der Waals surface area contributed by atoms with E-state index in [4.69, 9.17) is 26.0 Å². The number of nitrogens with zero attached hydrogens (tertiary/aromatic N) is 2. The van der Waals surface area contributed by atoms with Crippen molar-refractivity contribution in [3.63, 3.8) is 0 Å². The zero-order valence-electron chi connectivity index (χ0n) is 20.4. The first-order valence-corrected chi connectivity index (χ1v) is 12.5. The van der Waals surface area contributed by atoms with E-state index in [0.717, 1.165) is 5.56 Å². The molecule has 1 fully saturated rings. The summed E-state index contributed by atoms with van der Waals surface area (Å²) in [6.07, 6.45) is 1.45. The fourth-order valence-electron chi connectivity index (χ4n) is 3.41. The van der Waals surface area contributed by atoms with Crippen LogP contribution in [-0.2, 0) is 26.8 Å². The van der Waals surface area contributed by atoms with Gasteiger partial charge in [0.1, 0.15) is 5.82 Å². The number of rotatable bonds is 8. The van der Waals surface area contributed by atoms with Gasteiger partial charge in [-0.3, -0.25) is 15.0 Å². The fraction of sp³-hybridized carbons (Fsp3) is 0.280. The van der Waals surface area contributed by atoms with Crippen LogP contribution in [0.4, 0.5) is 10.2 Å². The summed E-state index contributed by atoms with van der Waals surface area (Å²) >= 11 is 0. The Kier molecular flexibility index (Phi) is 9.16. The Labute approximate surface area is 220 Å². The van der Waals surface area contributed by atoms with E-state index < -0.39 is 28.4 Å². The largest absolute Gasteiger partial charge is 0.419 e. The Morgan fingerprint density at radius 1 is 1.24 bits per heavy atom. The highest BCUT2D eigenvalue weighted by Crippen LogP contribution is 2.22. The number of hydrogen-bond acceptors (Lipinski definition) is 9. The van der Waals surface area contributed by atoms with E-state index in [-0.39, 0.29) is 38.1 Å². The highest BCUT2D eigenvalue weighted by Gasteiger charge is 2.20. The summed E-state index contributed by atoms with van der Waals surface area (Å²) in [6.45, 7) is 5.52. The van der Waals surface area contributed by atoms with Gasteiger partial charge in [0.25, 0.3) is 0 Å². The van der Waals surface area contributed by atoms with Crippen LogP contribution in [0.15, 0.2) is 53.6 Å². The number of hydrogen-bond donors (Lipinski definition) is 4. The van der Waals surface area contributed by atoms with Gasteiger partial charge in [0.2, 0.25) is 11.8 Å². The second-order valence-corrected chi connectivity index (χ2v) is 10.6. The van der Waals surface area contributed by atoms with E-state index in [0.29, 0.717) is 35.9 Å². The quantitative estimate of drug-likeness (QED) is 0.253. The number of nitrogen functional groups attached to an aromatic ring is 1. The number of ether oxygens (including phenoxy) is 2. The number of anilines is 1. The molecule has 0 bridgehead atoms. The molecule has 0 amide bonds. The third-order valence-corrected chi connectivity index (χ3v) is 7.13. The molecule has 0 spiro atoms. The molecule has 0 radical (unpaired) electrons. The van der Waals surface area contributed by atoms with Crippen molar-refractivity contribution in [3.8, 4) is 11.3 Å². The predicted molar refractivity (Wildman–Crippen MR) is 146 cm³/mol. The molecule has 1 atom stereocenters. The van der Waals surface area contributed by atoms with Crippen LogP contribution in [-0.4, -0.2) is 56.0 Å². The van der Waals surface area contributed by atoms with Crippen molar-refractivity contribution < 1.29 is 27.8 Å². The third kappa shape index (κ3) is 6.60. The molecule has 2 aromatic carbocycles. The Morgan fingerprint density at radius 3 is 2.54 bits per heavy atom. The summed E-state index contributed by atoms with van der Waals surface area (Å²) in [7, 11) is -1.12. The molecule has 1 saturated heterocycles. The van der Waals surface area contributed by atoms with Gasteiger partial charge in [0.15, 0.2) is 11.5 Å². The Balaban J connectivity index is 0.00000380. The molecule has 10 nitrogen and oxygen atoms in total. The van der Waals surface area contributed by atoms with Crippen LogP contribution in [0, 0.1) is 16.6 Å². The minimum atomic E-state index is -1.12. The van der Waals surface area contributed by atoms with E-state index in [1.807, 2.05) is 13.8 Å². The predicted octanol–water partition coefficient (Wildman–Crippen LogP) is 3.15. The van der Waals surface area contributed by atoms with Crippen molar-refractivity contribution in [3.05, 3.63) is 71.3 Å². The molecule has 0 aliphatic carbocycles. The van der Waals surface area contributed by atoms with Crippen molar-refractivity contribution in [1.29, 1.82) is 10.8 Å².